The molecule has 1 aromatic rings. The maximum absolute atomic E-state index is 6.01. The van der Waals surface area contributed by atoms with Gasteiger partial charge >= 0.3 is 0 Å². The standard InChI is InChI=1S/C13H19NO/c1-8-7-13(15-3)9(2)6-11(8)10-4-5-12(10)14/h6-7,10,12H,4-5,14H2,1-3H3. The van der Waals surface area contributed by atoms with Gasteiger partial charge in [-0.2, -0.15) is 0 Å². The lowest BCUT2D eigenvalue weighted by atomic mass is 9.74. The molecule has 0 spiro atoms. The summed E-state index contributed by atoms with van der Waals surface area (Å²) in [6, 6.07) is 4.71. The molecule has 2 atom stereocenters. The van der Waals surface area contributed by atoms with Gasteiger partial charge in [-0.15, -0.1) is 0 Å². The quantitative estimate of drug-likeness (QED) is 0.805. The average molecular weight is 205 g/mol. The average Bonchev–Trinajstić information content (AvgIpc) is 2.20. The molecule has 0 saturated heterocycles. The molecule has 0 aliphatic heterocycles. The van der Waals surface area contributed by atoms with E-state index in [4.69, 9.17) is 10.5 Å². The zero-order valence-corrected chi connectivity index (χ0v) is 9.71. The smallest absolute Gasteiger partial charge is 0.122 e. The summed E-state index contributed by atoms with van der Waals surface area (Å²) in [6.07, 6.45) is 2.39. The fraction of sp³-hybridized carbons (Fsp3) is 0.538. The van der Waals surface area contributed by atoms with Gasteiger partial charge in [-0.3, -0.25) is 0 Å². The van der Waals surface area contributed by atoms with Crippen LogP contribution in [0.1, 0.15) is 35.4 Å². The van der Waals surface area contributed by atoms with Crippen molar-refractivity contribution >= 4 is 0 Å². The fourth-order valence-corrected chi connectivity index (χ4v) is 2.34. The molecule has 1 saturated carbocycles. The molecule has 1 aromatic carbocycles. The number of ether oxygens (including phenoxy) is 1. The van der Waals surface area contributed by atoms with Crippen molar-refractivity contribution in [2.24, 2.45) is 5.73 Å². The largest absolute Gasteiger partial charge is 0.496 e. The van der Waals surface area contributed by atoms with Crippen molar-refractivity contribution < 1.29 is 4.74 Å². The first kappa shape index (κ1) is 10.5. The Labute approximate surface area is 91.4 Å². The van der Waals surface area contributed by atoms with Crippen LogP contribution >= 0.6 is 0 Å². The molecule has 0 radical (unpaired) electrons. The fourth-order valence-electron chi connectivity index (χ4n) is 2.34. The van der Waals surface area contributed by atoms with Crippen LogP contribution in [0.25, 0.3) is 0 Å². The third kappa shape index (κ3) is 1.74. The Balaban J connectivity index is 2.36. The maximum atomic E-state index is 6.01. The third-order valence-electron chi connectivity index (χ3n) is 3.51. The van der Waals surface area contributed by atoms with E-state index in [1.807, 2.05) is 0 Å². The van der Waals surface area contributed by atoms with E-state index in [1.165, 1.54) is 23.1 Å². The van der Waals surface area contributed by atoms with Crippen LogP contribution in [0.2, 0.25) is 0 Å². The van der Waals surface area contributed by atoms with Crippen LogP contribution in [0.15, 0.2) is 12.1 Å². The van der Waals surface area contributed by atoms with E-state index in [-0.39, 0.29) is 0 Å². The van der Waals surface area contributed by atoms with Crippen LogP contribution in [0.3, 0.4) is 0 Å². The maximum Gasteiger partial charge on any atom is 0.122 e. The summed E-state index contributed by atoms with van der Waals surface area (Å²) < 4.78 is 5.31. The zero-order valence-electron chi connectivity index (χ0n) is 9.71. The van der Waals surface area contributed by atoms with Gasteiger partial charge in [0.25, 0.3) is 0 Å². The molecule has 2 N–H and O–H groups in total. The Hall–Kier alpha value is -1.02. The van der Waals surface area contributed by atoms with Gasteiger partial charge in [-0.1, -0.05) is 6.07 Å². The monoisotopic (exact) mass is 205 g/mol. The molecule has 2 heteroatoms. The molecular weight excluding hydrogens is 186 g/mol. The summed E-state index contributed by atoms with van der Waals surface area (Å²) in [5.41, 5.74) is 9.93. The number of benzene rings is 1. The summed E-state index contributed by atoms with van der Waals surface area (Å²) in [6.45, 7) is 4.23. The van der Waals surface area contributed by atoms with E-state index in [0.717, 1.165) is 12.2 Å². The lowest BCUT2D eigenvalue weighted by Crippen LogP contribution is -2.37. The number of methoxy groups -OCH3 is 1. The number of rotatable bonds is 2. The van der Waals surface area contributed by atoms with Crippen molar-refractivity contribution in [1.29, 1.82) is 0 Å². The van der Waals surface area contributed by atoms with Crippen molar-refractivity contribution in [1.82, 2.24) is 0 Å². The highest BCUT2D eigenvalue weighted by Gasteiger charge is 2.30. The molecule has 82 valence electrons. The van der Waals surface area contributed by atoms with Gasteiger partial charge in [0, 0.05) is 6.04 Å². The van der Waals surface area contributed by atoms with Crippen LogP contribution in [-0.4, -0.2) is 13.2 Å². The molecule has 0 amide bonds. The highest BCUT2D eigenvalue weighted by atomic mass is 16.5. The molecule has 2 nitrogen and oxygen atoms in total. The molecule has 0 heterocycles. The van der Waals surface area contributed by atoms with E-state index in [2.05, 4.69) is 26.0 Å². The number of hydrogen-bond acceptors (Lipinski definition) is 2. The van der Waals surface area contributed by atoms with E-state index < -0.39 is 0 Å². The summed E-state index contributed by atoms with van der Waals surface area (Å²) in [7, 11) is 1.72. The van der Waals surface area contributed by atoms with E-state index in [1.54, 1.807) is 7.11 Å². The van der Waals surface area contributed by atoms with E-state index in [0.29, 0.717) is 12.0 Å². The molecule has 2 unspecified atom stereocenters. The van der Waals surface area contributed by atoms with Crippen molar-refractivity contribution in [3.05, 3.63) is 28.8 Å². The minimum Gasteiger partial charge on any atom is -0.496 e. The van der Waals surface area contributed by atoms with Gasteiger partial charge in [0.2, 0.25) is 0 Å². The minimum absolute atomic E-state index is 0.358. The molecule has 1 fully saturated rings. The molecular formula is C13H19NO. The van der Waals surface area contributed by atoms with Crippen LogP contribution in [0.5, 0.6) is 5.75 Å². The van der Waals surface area contributed by atoms with E-state index in [9.17, 15) is 0 Å². The first-order valence-electron chi connectivity index (χ1n) is 5.54. The Morgan fingerprint density at radius 1 is 1.20 bits per heavy atom. The minimum atomic E-state index is 0.358. The van der Waals surface area contributed by atoms with Crippen LogP contribution in [0, 0.1) is 13.8 Å². The van der Waals surface area contributed by atoms with E-state index >= 15 is 0 Å². The Morgan fingerprint density at radius 3 is 2.40 bits per heavy atom. The van der Waals surface area contributed by atoms with Gasteiger partial charge in [0.15, 0.2) is 0 Å². The SMILES string of the molecule is COc1cc(C)c(C2CCC2N)cc1C. The number of hydrogen-bond donors (Lipinski definition) is 1. The predicted molar refractivity (Wildman–Crippen MR) is 62.4 cm³/mol. The number of nitrogens with two attached hydrogens (primary N) is 1. The summed E-state index contributed by atoms with van der Waals surface area (Å²) in [5.74, 6) is 1.54. The van der Waals surface area contributed by atoms with Gasteiger partial charge in [0.1, 0.15) is 5.75 Å². The second kappa shape index (κ2) is 3.86. The van der Waals surface area contributed by atoms with Gasteiger partial charge in [-0.25, -0.2) is 0 Å². The van der Waals surface area contributed by atoms with Crippen LogP contribution in [-0.2, 0) is 0 Å². The highest BCUT2D eigenvalue weighted by molar-refractivity contribution is 5.44. The molecule has 2 rings (SSSR count). The Bertz CT molecular complexity index is 373. The topological polar surface area (TPSA) is 35.2 Å². The summed E-state index contributed by atoms with van der Waals surface area (Å²) in [4.78, 5) is 0. The summed E-state index contributed by atoms with van der Waals surface area (Å²) >= 11 is 0. The van der Waals surface area contributed by atoms with Crippen molar-refractivity contribution in [3.8, 4) is 5.75 Å². The predicted octanol–water partition coefficient (Wildman–Crippen LogP) is 2.52. The molecule has 0 bridgehead atoms. The molecule has 1 aliphatic rings. The molecule has 1 aliphatic carbocycles. The normalized spacial score (nSPS) is 24.8. The highest BCUT2D eigenvalue weighted by Crippen LogP contribution is 2.38. The van der Waals surface area contributed by atoms with Crippen molar-refractivity contribution in [2.45, 2.75) is 38.6 Å². The lowest BCUT2D eigenvalue weighted by molar-refractivity contribution is 0.344. The lowest BCUT2D eigenvalue weighted by Gasteiger charge is -2.35. The van der Waals surface area contributed by atoms with Gasteiger partial charge in [-0.05, 0) is 55.4 Å². The van der Waals surface area contributed by atoms with Crippen molar-refractivity contribution in [3.63, 3.8) is 0 Å². The third-order valence-corrected chi connectivity index (χ3v) is 3.51. The van der Waals surface area contributed by atoms with Gasteiger partial charge in [0.05, 0.1) is 7.11 Å². The molecule has 0 aromatic heterocycles. The second-order valence-electron chi connectivity index (χ2n) is 4.53. The van der Waals surface area contributed by atoms with Crippen LogP contribution in [0.4, 0.5) is 0 Å². The van der Waals surface area contributed by atoms with Crippen LogP contribution < -0.4 is 10.5 Å². The second-order valence-corrected chi connectivity index (χ2v) is 4.53. The number of aryl methyl sites for hydroxylation is 2. The zero-order chi connectivity index (χ0) is 11.0. The first-order chi connectivity index (χ1) is 7.13. The Morgan fingerprint density at radius 2 is 1.93 bits per heavy atom. The summed E-state index contributed by atoms with van der Waals surface area (Å²) in [5, 5.41) is 0. The molecule has 15 heavy (non-hydrogen) atoms. The first-order valence-corrected chi connectivity index (χ1v) is 5.54. The Kier molecular flexibility index (Phi) is 2.70. The van der Waals surface area contributed by atoms with Crippen molar-refractivity contribution in [2.75, 3.05) is 7.11 Å². The van der Waals surface area contributed by atoms with Gasteiger partial charge < -0.3 is 10.5 Å².